The fourth-order valence-electron chi connectivity index (χ4n) is 2.31. The van der Waals surface area contributed by atoms with Gasteiger partial charge >= 0.3 is 0 Å². The summed E-state index contributed by atoms with van der Waals surface area (Å²) in [6, 6.07) is 0. The lowest BCUT2D eigenvalue weighted by molar-refractivity contribution is -0.139. The van der Waals surface area contributed by atoms with E-state index in [1.165, 1.54) is 4.90 Å². The monoisotopic (exact) mass is 193 g/mol. The molecule has 2 atom stereocenters. The molecule has 1 aliphatic heterocycles. The van der Waals surface area contributed by atoms with Crippen molar-refractivity contribution in [1.29, 1.82) is 0 Å². The lowest BCUT2D eigenvalue weighted by Crippen LogP contribution is -2.31. The van der Waals surface area contributed by atoms with E-state index < -0.39 is 0 Å². The van der Waals surface area contributed by atoms with Crippen molar-refractivity contribution in [3.63, 3.8) is 0 Å². The number of rotatable bonds is 2. The average Bonchev–Trinajstić information content (AvgIpc) is 2.45. The molecule has 14 heavy (non-hydrogen) atoms. The quantitative estimate of drug-likeness (QED) is 0.490. The van der Waals surface area contributed by atoms with E-state index in [-0.39, 0.29) is 23.7 Å². The van der Waals surface area contributed by atoms with E-state index >= 15 is 0 Å². The molecule has 0 saturated carbocycles. The van der Waals surface area contributed by atoms with E-state index in [0.29, 0.717) is 6.54 Å². The highest BCUT2D eigenvalue weighted by Crippen LogP contribution is 2.34. The summed E-state index contributed by atoms with van der Waals surface area (Å²) in [7, 11) is 0. The Hall–Kier alpha value is -1.12. The van der Waals surface area contributed by atoms with Crippen molar-refractivity contribution in [3.8, 4) is 0 Å². The lowest BCUT2D eigenvalue weighted by Gasteiger charge is -2.14. The van der Waals surface area contributed by atoms with Crippen LogP contribution in [0.1, 0.15) is 26.2 Å². The molecule has 3 nitrogen and oxygen atoms in total. The molecule has 0 aromatic heterocycles. The zero-order valence-electron chi connectivity index (χ0n) is 8.40. The van der Waals surface area contributed by atoms with Gasteiger partial charge in [0.15, 0.2) is 0 Å². The second-order valence-electron chi connectivity index (χ2n) is 3.98. The Morgan fingerprint density at radius 3 is 2.14 bits per heavy atom. The Kier molecular flexibility index (Phi) is 2.40. The van der Waals surface area contributed by atoms with Crippen LogP contribution in [0.4, 0.5) is 0 Å². The summed E-state index contributed by atoms with van der Waals surface area (Å²) in [6.07, 6.45) is 6.37. The minimum Gasteiger partial charge on any atom is -0.282 e. The van der Waals surface area contributed by atoms with Crippen LogP contribution in [-0.2, 0) is 9.59 Å². The predicted octanol–water partition coefficient (Wildman–Crippen LogP) is 1.35. The lowest BCUT2D eigenvalue weighted by atomic mass is 9.85. The van der Waals surface area contributed by atoms with Crippen molar-refractivity contribution in [2.24, 2.45) is 11.8 Å². The number of carbonyl (C=O) groups is 2. The SMILES string of the molecule is CCCN1C(=O)C2CC=CCC2C1=O. The van der Waals surface area contributed by atoms with Crippen LogP contribution in [0.25, 0.3) is 0 Å². The van der Waals surface area contributed by atoms with Crippen molar-refractivity contribution in [2.75, 3.05) is 6.54 Å². The molecule has 3 heteroatoms. The predicted molar refractivity (Wildman–Crippen MR) is 52.4 cm³/mol. The van der Waals surface area contributed by atoms with Gasteiger partial charge in [0, 0.05) is 6.54 Å². The molecule has 2 amide bonds. The largest absolute Gasteiger partial charge is 0.282 e. The third kappa shape index (κ3) is 1.27. The summed E-state index contributed by atoms with van der Waals surface area (Å²) in [5, 5.41) is 0. The van der Waals surface area contributed by atoms with Crippen LogP contribution < -0.4 is 0 Å². The maximum absolute atomic E-state index is 11.8. The Labute approximate surface area is 83.8 Å². The zero-order valence-corrected chi connectivity index (χ0v) is 8.40. The Morgan fingerprint density at radius 1 is 1.21 bits per heavy atom. The summed E-state index contributed by atoms with van der Waals surface area (Å²) < 4.78 is 0. The Morgan fingerprint density at radius 2 is 1.71 bits per heavy atom. The van der Waals surface area contributed by atoms with E-state index in [2.05, 4.69) is 0 Å². The molecule has 0 radical (unpaired) electrons. The highest BCUT2D eigenvalue weighted by Gasteiger charge is 2.46. The van der Waals surface area contributed by atoms with Gasteiger partial charge in [-0.05, 0) is 19.3 Å². The second kappa shape index (κ2) is 3.56. The summed E-state index contributed by atoms with van der Waals surface area (Å²) in [4.78, 5) is 25.1. The van der Waals surface area contributed by atoms with Gasteiger partial charge in [0.25, 0.3) is 0 Å². The third-order valence-corrected chi connectivity index (χ3v) is 3.05. The van der Waals surface area contributed by atoms with Gasteiger partial charge < -0.3 is 0 Å². The molecular weight excluding hydrogens is 178 g/mol. The van der Waals surface area contributed by atoms with Crippen molar-refractivity contribution in [1.82, 2.24) is 4.90 Å². The van der Waals surface area contributed by atoms with Crippen LogP contribution in [0.15, 0.2) is 12.2 Å². The van der Waals surface area contributed by atoms with Gasteiger partial charge in [-0.15, -0.1) is 0 Å². The Bertz CT molecular complexity index is 270. The van der Waals surface area contributed by atoms with Gasteiger partial charge in [0.05, 0.1) is 11.8 Å². The van der Waals surface area contributed by atoms with E-state index in [4.69, 9.17) is 0 Å². The van der Waals surface area contributed by atoms with Gasteiger partial charge in [-0.1, -0.05) is 19.1 Å². The maximum atomic E-state index is 11.8. The van der Waals surface area contributed by atoms with Gasteiger partial charge in [-0.25, -0.2) is 0 Å². The molecule has 0 N–H and O–H groups in total. The highest BCUT2D eigenvalue weighted by atomic mass is 16.2. The van der Waals surface area contributed by atoms with Crippen molar-refractivity contribution < 1.29 is 9.59 Å². The van der Waals surface area contributed by atoms with Gasteiger partial charge in [-0.3, -0.25) is 14.5 Å². The first-order valence-electron chi connectivity index (χ1n) is 5.26. The Balaban J connectivity index is 2.19. The van der Waals surface area contributed by atoms with Crippen LogP contribution in [0.2, 0.25) is 0 Å². The van der Waals surface area contributed by atoms with E-state index in [0.717, 1.165) is 19.3 Å². The molecule has 1 heterocycles. The number of allylic oxidation sites excluding steroid dienone is 2. The standard InChI is InChI=1S/C11H15NO2/c1-2-7-12-10(13)8-5-3-4-6-9(8)11(12)14/h3-4,8-9H,2,5-7H2,1H3. The topological polar surface area (TPSA) is 37.4 Å². The molecule has 0 spiro atoms. The number of amides is 2. The number of likely N-dealkylation sites (tertiary alicyclic amines) is 1. The normalized spacial score (nSPS) is 31.1. The molecule has 2 unspecified atom stereocenters. The smallest absolute Gasteiger partial charge is 0.233 e. The summed E-state index contributed by atoms with van der Waals surface area (Å²) in [5.74, 6) is -0.0181. The van der Waals surface area contributed by atoms with Gasteiger partial charge in [0.1, 0.15) is 0 Å². The van der Waals surface area contributed by atoms with Crippen molar-refractivity contribution in [3.05, 3.63) is 12.2 Å². The average molecular weight is 193 g/mol. The van der Waals surface area contributed by atoms with E-state index in [1.54, 1.807) is 0 Å². The van der Waals surface area contributed by atoms with Gasteiger partial charge in [0.2, 0.25) is 11.8 Å². The molecule has 1 aliphatic carbocycles. The number of imide groups is 1. The van der Waals surface area contributed by atoms with E-state index in [9.17, 15) is 9.59 Å². The highest BCUT2D eigenvalue weighted by molar-refractivity contribution is 6.05. The minimum absolute atomic E-state index is 0.0474. The summed E-state index contributed by atoms with van der Waals surface area (Å²) in [5.41, 5.74) is 0. The van der Waals surface area contributed by atoms with E-state index in [1.807, 2.05) is 19.1 Å². The molecule has 76 valence electrons. The number of hydrogen-bond acceptors (Lipinski definition) is 2. The molecule has 0 aromatic rings. The molecule has 2 rings (SSSR count). The summed E-state index contributed by atoms with van der Waals surface area (Å²) >= 11 is 0. The van der Waals surface area contributed by atoms with Crippen LogP contribution >= 0.6 is 0 Å². The zero-order chi connectivity index (χ0) is 10.1. The summed E-state index contributed by atoms with van der Waals surface area (Å²) in [6.45, 7) is 2.57. The molecule has 0 aromatic carbocycles. The van der Waals surface area contributed by atoms with Gasteiger partial charge in [-0.2, -0.15) is 0 Å². The number of carbonyl (C=O) groups excluding carboxylic acids is 2. The van der Waals surface area contributed by atoms with Crippen molar-refractivity contribution >= 4 is 11.8 Å². The van der Waals surface area contributed by atoms with Crippen molar-refractivity contribution in [2.45, 2.75) is 26.2 Å². The molecule has 1 saturated heterocycles. The third-order valence-electron chi connectivity index (χ3n) is 3.05. The first-order valence-corrected chi connectivity index (χ1v) is 5.26. The maximum Gasteiger partial charge on any atom is 0.233 e. The second-order valence-corrected chi connectivity index (χ2v) is 3.98. The number of nitrogens with zero attached hydrogens (tertiary/aromatic N) is 1. The molecular formula is C11H15NO2. The molecule has 0 bridgehead atoms. The number of fused-ring (bicyclic) bond motifs is 1. The van der Waals surface area contributed by atoms with Crippen LogP contribution in [0, 0.1) is 11.8 Å². The fourth-order valence-corrected chi connectivity index (χ4v) is 2.31. The first kappa shape index (κ1) is 9.44. The minimum atomic E-state index is -0.0564. The first-order chi connectivity index (χ1) is 6.75. The van der Waals surface area contributed by atoms with Crippen LogP contribution in [0.3, 0.4) is 0 Å². The van der Waals surface area contributed by atoms with Crippen LogP contribution in [-0.4, -0.2) is 23.3 Å². The number of hydrogen-bond donors (Lipinski definition) is 0. The van der Waals surface area contributed by atoms with Crippen LogP contribution in [0.5, 0.6) is 0 Å². The fraction of sp³-hybridized carbons (Fsp3) is 0.636. The molecule has 2 aliphatic rings. The molecule has 1 fully saturated rings.